The van der Waals surface area contributed by atoms with Gasteiger partial charge in [0, 0.05) is 0 Å². The van der Waals surface area contributed by atoms with Gasteiger partial charge in [0.1, 0.15) is 5.75 Å². The van der Waals surface area contributed by atoms with E-state index in [1.165, 1.54) is 0 Å². The van der Waals surface area contributed by atoms with Crippen LogP contribution in [0.4, 0.5) is 0 Å². The zero-order chi connectivity index (χ0) is 19.9. The Balaban J connectivity index is 1.83. The Morgan fingerprint density at radius 1 is 0.893 bits per heavy atom. The molecular weight excluding hydrogens is 346 g/mol. The zero-order valence-electron chi connectivity index (χ0n) is 16.7. The van der Waals surface area contributed by atoms with Crippen molar-refractivity contribution in [3.05, 3.63) is 101 Å². The van der Waals surface area contributed by atoms with Crippen LogP contribution in [0.25, 0.3) is 0 Å². The van der Waals surface area contributed by atoms with Crippen molar-refractivity contribution >= 4 is 5.91 Å². The molecule has 0 bridgehead atoms. The molecule has 3 aromatic rings. The lowest BCUT2D eigenvalue weighted by Gasteiger charge is -2.24. The second kappa shape index (κ2) is 9.23. The first-order chi connectivity index (χ1) is 13.6. The van der Waals surface area contributed by atoms with Gasteiger partial charge in [-0.25, -0.2) is 0 Å². The second-order valence-electron chi connectivity index (χ2n) is 7.05. The van der Waals surface area contributed by atoms with Crippen molar-refractivity contribution in [2.75, 3.05) is 0 Å². The van der Waals surface area contributed by atoms with Gasteiger partial charge in [-0.05, 0) is 48.6 Å². The maximum Gasteiger partial charge on any atom is 0.261 e. The fourth-order valence-electron chi connectivity index (χ4n) is 3.20. The van der Waals surface area contributed by atoms with Gasteiger partial charge < -0.3 is 10.1 Å². The molecule has 3 nitrogen and oxygen atoms in total. The predicted octanol–water partition coefficient (Wildman–Crippen LogP) is 5.37. The predicted molar refractivity (Wildman–Crippen MR) is 113 cm³/mol. The SMILES string of the molecule is CC[C@@H](Oc1cc(C)ccc1C)C(=O)NC(c1ccccc1)c1ccccc1. The number of amides is 1. The van der Waals surface area contributed by atoms with Crippen molar-refractivity contribution in [3.63, 3.8) is 0 Å². The van der Waals surface area contributed by atoms with Crippen molar-refractivity contribution in [1.29, 1.82) is 0 Å². The molecule has 0 heterocycles. The minimum atomic E-state index is -0.546. The van der Waals surface area contributed by atoms with Gasteiger partial charge in [0.2, 0.25) is 0 Å². The first-order valence-corrected chi connectivity index (χ1v) is 9.72. The van der Waals surface area contributed by atoms with E-state index < -0.39 is 6.10 Å². The van der Waals surface area contributed by atoms with Gasteiger partial charge in [-0.15, -0.1) is 0 Å². The lowest BCUT2D eigenvalue weighted by atomic mass is 9.98. The Kier molecular flexibility index (Phi) is 6.49. The molecule has 0 aliphatic carbocycles. The molecule has 0 aromatic heterocycles. The summed E-state index contributed by atoms with van der Waals surface area (Å²) in [5.74, 6) is 0.652. The summed E-state index contributed by atoms with van der Waals surface area (Å²) in [6.07, 6.45) is 0.0469. The van der Waals surface area contributed by atoms with Crippen LogP contribution in [0, 0.1) is 13.8 Å². The minimum Gasteiger partial charge on any atom is -0.480 e. The number of hydrogen-bond donors (Lipinski definition) is 1. The van der Waals surface area contributed by atoms with Gasteiger partial charge in [0.25, 0.3) is 5.91 Å². The summed E-state index contributed by atoms with van der Waals surface area (Å²) < 4.78 is 6.10. The molecule has 0 spiro atoms. The molecule has 3 rings (SSSR count). The Bertz CT molecular complexity index is 867. The number of carbonyl (C=O) groups is 1. The summed E-state index contributed by atoms with van der Waals surface area (Å²) in [6.45, 7) is 5.99. The lowest BCUT2D eigenvalue weighted by molar-refractivity contribution is -0.128. The Hall–Kier alpha value is -3.07. The molecule has 0 saturated carbocycles. The maximum atomic E-state index is 13.1. The van der Waals surface area contributed by atoms with E-state index in [-0.39, 0.29) is 11.9 Å². The third-order valence-corrected chi connectivity index (χ3v) is 4.83. The highest BCUT2D eigenvalue weighted by atomic mass is 16.5. The van der Waals surface area contributed by atoms with E-state index in [4.69, 9.17) is 4.74 Å². The summed E-state index contributed by atoms with van der Waals surface area (Å²) in [5.41, 5.74) is 4.23. The summed E-state index contributed by atoms with van der Waals surface area (Å²) in [7, 11) is 0. The lowest BCUT2D eigenvalue weighted by Crippen LogP contribution is -2.40. The van der Waals surface area contributed by atoms with Crippen LogP contribution in [0.5, 0.6) is 5.75 Å². The molecule has 0 unspecified atom stereocenters. The van der Waals surface area contributed by atoms with Gasteiger partial charge in [-0.3, -0.25) is 4.79 Å². The van der Waals surface area contributed by atoms with Crippen molar-refractivity contribution in [2.24, 2.45) is 0 Å². The normalized spacial score (nSPS) is 11.9. The Morgan fingerprint density at radius 3 is 2.00 bits per heavy atom. The smallest absolute Gasteiger partial charge is 0.261 e. The average molecular weight is 373 g/mol. The van der Waals surface area contributed by atoms with Gasteiger partial charge >= 0.3 is 0 Å². The second-order valence-corrected chi connectivity index (χ2v) is 7.05. The number of hydrogen-bond acceptors (Lipinski definition) is 2. The fraction of sp³-hybridized carbons (Fsp3) is 0.240. The number of benzene rings is 3. The first kappa shape index (κ1) is 19.7. The highest BCUT2D eigenvalue weighted by Gasteiger charge is 2.24. The number of ether oxygens (including phenoxy) is 1. The molecule has 144 valence electrons. The molecule has 0 aliphatic rings. The van der Waals surface area contributed by atoms with Crippen LogP contribution in [0.3, 0.4) is 0 Å². The molecule has 0 aliphatic heterocycles. The van der Waals surface area contributed by atoms with Gasteiger partial charge in [0.05, 0.1) is 6.04 Å². The van der Waals surface area contributed by atoms with E-state index in [0.29, 0.717) is 6.42 Å². The van der Waals surface area contributed by atoms with Crippen LogP contribution < -0.4 is 10.1 Å². The van der Waals surface area contributed by atoms with E-state index in [2.05, 4.69) is 5.32 Å². The van der Waals surface area contributed by atoms with Crippen LogP contribution in [0.1, 0.15) is 41.6 Å². The Morgan fingerprint density at radius 2 is 1.46 bits per heavy atom. The first-order valence-electron chi connectivity index (χ1n) is 9.72. The standard InChI is InChI=1S/C25H27NO2/c1-4-22(28-23-17-18(2)15-16-19(23)3)25(27)26-24(20-11-7-5-8-12-20)21-13-9-6-10-14-21/h5-17,22,24H,4H2,1-3H3,(H,26,27)/t22-/m1/s1. The number of aryl methyl sites for hydroxylation is 2. The van der Waals surface area contributed by atoms with Gasteiger partial charge in [-0.2, -0.15) is 0 Å². The summed E-state index contributed by atoms with van der Waals surface area (Å²) >= 11 is 0. The molecule has 1 amide bonds. The van der Waals surface area contributed by atoms with Crippen molar-refractivity contribution in [3.8, 4) is 5.75 Å². The molecule has 1 atom stereocenters. The van der Waals surface area contributed by atoms with Crippen LogP contribution in [0.2, 0.25) is 0 Å². The van der Waals surface area contributed by atoms with E-state index in [1.807, 2.05) is 99.6 Å². The van der Waals surface area contributed by atoms with E-state index in [9.17, 15) is 4.79 Å². The molecule has 0 saturated heterocycles. The highest BCUT2D eigenvalue weighted by Crippen LogP contribution is 2.24. The van der Waals surface area contributed by atoms with Crippen LogP contribution >= 0.6 is 0 Å². The van der Waals surface area contributed by atoms with E-state index in [0.717, 1.165) is 28.0 Å². The van der Waals surface area contributed by atoms with Crippen LogP contribution in [-0.2, 0) is 4.79 Å². The summed E-state index contributed by atoms with van der Waals surface area (Å²) in [4.78, 5) is 13.1. The quantitative estimate of drug-likeness (QED) is 0.605. The molecular formula is C25H27NO2. The monoisotopic (exact) mass is 373 g/mol. The molecule has 3 heteroatoms. The fourth-order valence-corrected chi connectivity index (χ4v) is 3.20. The largest absolute Gasteiger partial charge is 0.480 e. The Labute approximate surface area is 167 Å². The third-order valence-electron chi connectivity index (χ3n) is 4.83. The summed E-state index contributed by atoms with van der Waals surface area (Å²) in [6, 6.07) is 25.9. The molecule has 28 heavy (non-hydrogen) atoms. The third kappa shape index (κ3) is 4.80. The van der Waals surface area contributed by atoms with Crippen molar-refractivity contribution in [2.45, 2.75) is 39.3 Å². The zero-order valence-corrected chi connectivity index (χ0v) is 16.7. The van der Waals surface area contributed by atoms with Gasteiger partial charge in [0.15, 0.2) is 6.10 Å². The van der Waals surface area contributed by atoms with E-state index >= 15 is 0 Å². The van der Waals surface area contributed by atoms with Crippen molar-refractivity contribution in [1.82, 2.24) is 5.32 Å². The van der Waals surface area contributed by atoms with E-state index in [1.54, 1.807) is 0 Å². The number of nitrogens with one attached hydrogen (secondary N) is 1. The van der Waals surface area contributed by atoms with Crippen LogP contribution in [-0.4, -0.2) is 12.0 Å². The number of carbonyl (C=O) groups excluding carboxylic acids is 1. The molecule has 0 fully saturated rings. The maximum absolute atomic E-state index is 13.1. The van der Waals surface area contributed by atoms with Gasteiger partial charge in [-0.1, -0.05) is 79.7 Å². The minimum absolute atomic E-state index is 0.110. The topological polar surface area (TPSA) is 38.3 Å². The molecule has 0 radical (unpaired) electrons. The average Bonchev–Trinajstić information content (AvgIpc) is 2.73. The van der Waals surface area contributed by atoms with Crippen LogP contribution in [0.15, 0.2) is 78.9 Å². The number of rotatable bonds is 7. The van der Waals surface area contributed by atoms with Crippen molar-refractivity contribution < 1.29 is 9.53 Å². The molecule has 3 aromatic carbocycles. The molecule has 1 N–H and O–H groups in total. The highest BCUT2D eigenvalue weighted by molar-refractivity contribution is 5.82. The summed E-state index contributed by atoms with van der Waals surface area (Å²) in [5, 5.41) is 3.19.